The molecule has 0 atom stereocenters. The number of carbonyl (C=O) groups is 2. The van der Waals surface area contributed by atoms with Crippen molar-refractivity contribution in [2.24, 2.45) is 0 Å². The highest BCUT2D eigenvalue weighted by atomic mass is 16.5. The van der Waals surface area contributed by atoms with Gasteiger partial charge in [0.15, 0.2) is 0 Å². The zero-order valence-corrected chi connectivity index (χ0v) is 15.6. The third kappa shape index (κ3) is 5.33. The lowest BCUT2D eigenvalue weighted by Crippen LogP contribution is -2.35. The normalized spacial score (nSPS) is 14.0. The van der Waals surface area contributed by atoms with Crippen LogP contribution in [-0.4, -0.2) is 36.5 Å². The summed E-state index contributed by atoms with van der Waals surface area (Å²) in [7, 11) is 1.32. The third-order valence-corrected chi connectivity index (χ3v) is 4.76. The van der Waals surface area contributed by atoms with Crippen molar-refractivity contribution in [2.75, 3.05) is 13.7 Å². The molecule has 1 aliphatic rings. The van der Waals surface area contributed by atoms with Crippen LogP contribution in [-0.2, 0) is 16.1 Å². The number of hydrogen-bond acceptors (Lipinski definition) is 4. The Morgan fingerprint density at radius 2 is 1.67 bits per heavy atom. The van der Waals surface area contributed by atoms with Gasteiger partial charge in [-0.05, 0) is 55.5 Å². The van der Waals surface area contributed by atoms with Gasteiger partial charge in [0, 0.05) is 12.1 Å². The van der Waals surface area contributed by atoms with Gasteiger partial charge in [0.25, 0.3) is 5.91 Å². The average Bonchev–Trinajstić information content (AvgIpc) is 3.21. The Labute approximate surface area is 159 Å². The molecule has 5 nitrogen and oxygen atoms in total. The lowest BCUT2D eigenvalue weighted by atomic mass is 10.1. The minimum absolute atomic E-state index is 0.0927. The van der Waals surface area contributed by atoms with Crippen LogP contribution >= 0.6 is 0 Å². The molecule has 0 saturated heterocycles. The Morgan fingerprint density at radius 3 is 2.30 bits per heavy atom. The van der Waals surface area contributed by atoms with Crippen molar-refractivity contribution in [3.8, 4) is 5.75 Å². The van der Waals surface area contributed by atoms with E-state index in [1.54, 1.807) is 12.1 Å². The minimum Gasteiger partial charge on any atom is -0.490 e. The van der Waals surface area contributed by atoms with Crippen LogP contribution in [0.3, 0.4) is 0 Å². The number of rotatable bonds is 7. The first-order valence-corrected chi connectivity index (χ1v) is 9.32. The van der Waals surface area contributed by atoms with Crippen LogP contribution in [0.15, 0.2) is 54.6 Å². The molecule has 0 aromatic heterocycles. The van der Waals surface area contributed by atoms with E-state index in [0.717, 1.165) is 24.2 Å². The molecule has 0 heterocycles. The molecule has 142 valence electrons. The van der Waals surface area contributed by atoms with E-state index in [9.17, 15) is 9.59 Å². The van der Waals surface area contributed by atoms with Crippen LogP contribution < -0.4 is 4.74 Å². The van der Waals surface area contributed by atoms with Crippen molar-refractivity contribution in [1.29, 1.82) is 0 Å². The second-order valence-electron chi connectivity index (χ2n) is 6.77. The predicted octanol–water partition coefficient (Wildman–Crippen LogP) is 3.82. The molecule has 2 aromatic rings. The molecule has 0 radical (unpaired) electrons. The molecule has 5 heteroatoms. The molecule has 1 aliphatic carbocycles. The van der Waals surface area contributed by atoms with Gasteiger partial charge in [-0.25, -0.2) is 0 Å². The number of hydrogen-bond donors (Lipinski definition) is 0. The van der Waals surface area contributed by atoms with Gasteiger partial charge in [-0.15, -0.1) is 0 Å². The lowest BCUT2D eigenvalue weighted by molar-refractivity contribution is -0.141. The molecule has 0 bridgehead atoms. The van der Waals surface area contributed by atoms with Crippen molar-refractivity contribution >= 4 is 11.9 Å². The summed E-state index contributed by atoms with van der Waals surface area (Å²) in [5, 5.41) is 0. The highest BCUT2D eigenvalue weighted by molar-refractivity contribution is 5.96. The van der Waals surface area contributed by atoms with Crippen LogP contribution in [0, 0.1) is 0 Å². The second-order valence-corrected chi connectivity index (χ2v) is 6.77. The Morgan fingerprint density at radius 1 is 1.00 bits per heavy atom. The van der Waals surface area contributed by atoms with Crippen LogP contribution in [0.4, 0.5) is 0 Å². The number of benzene rings is 2. The summed E-state index contributed by atoms with van der Waals surface area (Å²) in [6.07, 6.45) is 4.88. The first-order chi connectivity index (χ1) is 13.2. The third-order valence-electron chi connectivity index (χ3n) is 4.76. The van der Waals surface area contributed by atoms with Gasteiger partial charge in [-0.3, -0.25) is 9.59 Å². The molecule has 0 unspecified atom stereocenters. The van der Waals surface area contributed by atoms with Gasteiger partial charge in [-0.2, -0.15) is 0 Å². The highest BCUT2D eigenvalue weighted by Gasteiger charge is 2.20. The first-order valence-electron chi connectivity index (χ1n) is 9.32. The SMILES string of the molecule is COC(=O)CN(Cc1ccccc1)C(=O)c1ccc(OC2CCCC2)cc1. The van der Waals surface area contributed by atoms with E-state index in [0.29, 0.717) is 12.1 Å². The highest BCUT2D eigenvalue weighted by Crippen LogP contribution is 2.24. The summed E-state index contributed by atoms with van der Waals surface area (Å²) in [4.78, 5) is 26.2. The van der Waals surface area contributed by atoms with Crippen molar-refractivity contribution in [3.63, 3.8) is 0 Å². The van der Waals surface area contributed by atoms with E-state index >= 15 is 0 Å². The van der Waals surface area contributed by atoms with E-state index in [2.05, 4.69) is 0 Å². The Kier molecular flexibility index (Phi) is 6.47. The molecule has 1 saturated carbocycles. The molecule has 3 rings (SSSR count). The molecule has 0 N–H and O–H groups in total. The Balaban J connectivity index is 1.70. The van der Waals surface area contributed by atoms with E-state index in [4.69, 9.17) is 9.47 Å². The number of ether oxygens (including phenoxy) is 2. The van der Waals surface area contributed by atoms with Crippen LogP contribution in [0.25, 0.3) is 0 Å². The van der Waals surface area contributed by atoms with E-state index in [1.807, 2.05) is 42.5 Å². The van der Waals surface area contributed by atoms with Crippen molar-refractivity contribution in [3.05, 3.63) is 65.7 Å². The fourth-order valence-electron chi connectivity index (χ4n) is 3.28. The largest absolute Gasteiger partial charge is 0.490 e. The molecule has 0 spiro atoms. The van der Waals surface area contributed by atoms with E-state index in [-0.39, 0.29) is 18.6 Å². The predicted molar refractivity (Wildman–Crippen MR) is 103 cm³/mol. The maximum Gasteiger partial charge on any atom is 0.325 e. The number of amides is 1. The molecule has 1 fully saturated rings. The van der Waals surface area contributed by atoms with Crippen LogP contribution in [0.2, 0.25) is 0 Å². The number of nitrogens with zero attached hydrogens (tertiary/aromatic N) is 1. The van der Waals surface area contributed by atoms with Gasteiger partial charge in [0.05, 0.1) is 13.2 Å². The summed E-state index contributed by atoms with van der Waals surface area (Å²) in [6.45, 7) is 0.250. The van der Waals surface area contributed by atoms with Gasteiger partial charge >= 0.3 is 5.97 Å². The van der Waals surface area contributed by atoms with Crippen LogP contribution in [0.5, 0.6) is 5.75 Å². The molecule has 27 heavy (non-hydrogen) atoms. The molecule has 1 amide bonds. The van der Waals surface area contributed by atoms with Gasteiger partial charge < -0.3 is 14.4 Å². The standard InChI is InChI=1S/C22H25NO4/c1-26-21(24)16-23(15-17-7-3-2-4-8-17)22(25)18-11-13-20(14-12-18)27-19-9-5-6-10-19/h2-4,7-8,11-14,19H,5-6,9-10,15-16H2,1H3. The number of esters is 1. The zero-order valence-electron chi connectivity index (χ0n) is 15.6. The summed E-state index contributed by atoms with van der Waals surface area (Å²) in [5.74, 6) is 0.123. The van der Waals surface area contributed by atoms with Gasteiger partial charge in [-0.1, -0.05) is 30.3 Å². The zero-order chi connectivity index (χ0) is 19.1. The van der Waals surface area contributed by atoms with E-state index in [1.165, 1.54) is 24.9 Å². The van der Waals surface area contributed by atoms with Crippen molar-refractivity contribution < 1.29 is 19.1 Å². The van der Waals surface area contributed by atoms with Crippen molar-refractivity contribution in [2.45, 2.75) is 38.3 Å². The van der Waals surface area contributed by atoms with Crippen LogP contribution in [0.1, 0.15) is 41.6 Å². The first kappa shape index (κ1) is 19.0. The monoisotopic (exact) mass is 367 g/mol. The summed E-state index contributed by atoms with van der Waals surface area (Å²) >= 11 is 0. The fourth-order valence-corrected chi connectivity index (χ4v) is 3.28. The second kappa shape index (κ2) is 9.21. The fraction of sp³-hybridized carbons (Fsp3) is 0.364. The lowest BCUT2D eigenvalue weighted by Gasteiger charge is -2.22. The Bertz CT molecular complexity index is 752. The average molecular weight is 367 g/mol. The maximum absolute atomic E-state index is 12.9. The van der Waals surface area contributed by atoms with Gasteiger partial charge in [0.1, 0.15) is 12.3 Å². The topological polar surface area (TPSA) is 55.8 Å². The summed E-state index contributed by atoms with van der Waals surface area (Å²) in [6, 6.07) is 16.7. The number of methoxy groups -OCH3 is 1. The molecule has 0 aliphatic heterocycles. The van der Waals surface area contributed by atoms with E-state index < -0.39 is 5.97 Å². The summed E-state index contributed by atoms with van der Waals surface area (Å²) in [5.41, 5.74) is 1.48. The molecular formula is C22H25NO4. The maximum atomic E-state index is 12.9. The minimum atomic E-state index is -0.444. The molecular weight excluding hydrogens is 342 g/mol. The Hall–Kier alpha value is -2.82. The van der Waals surface area contributed by atoms with Crippen molar-refractivity contribution in [1.82, 2.24) is 4.90 Å². The summed E-state index contributed by atoms with van der Waals surface area (Å²) < 4.78 is 10.7. The van der Waals surface area contributed by atoms with Gasteiger partial charge in [0.2, 0.25) is 0 Å². The molecule has 2 aromatic carbocycles. The smallest absolute Gasteiger partial charge is 0.325 e. The quantitative estimate of drug-likeness (QED) is 0.698. The number of carbonyl (C=O) groups excluding carboxylic acids is 2.